The standard InChI is InChI=1S/C21H28FN3O/c1-3-25(4-2)20-11-9-19(10-12-20)24-21(26)14-16-23-15-13-17-5-7-18(22)8-6-17/h5-12,23H,3-4,13-16H2,1-2H3,(H,24,26). The molecule has 0 spiro atoms. The van der Waals surface area contributed by atoms with Crippen LogP contribution in [0.15, 0.2) is 48.5 Å². The molecule has 0 atom stereocenters. The molecule has 0 bridgehead atoms. The first-order valence-electron chi connectivity index (χ1n) is 9.22. The van der Waals surface area contributed by atoms with Crippen molar-refractivity contribution >= 4 is 17.3 Å². The molecule has 5 heteroatoms. The smallest absolute Gasteiger partial charge is 0.225 e. The van der Waals surface area contributed by atoms with Gasteiger partial charge in [0.15, 0.2) is 0 Å². The van der Waals surface area contributed by atoms with Crippen LogP contribution in [0.4, 0.5) is 15.8 Å². The second-order valence-corrected chi connectivity index (χ2v) is 6.14. The van der Waals surface area contributed by atoms with E-state index in [9.17, 15) is 9.18 Å². The summed E-state index contributed by atoms with van der Waals surface area (Å²) in [6.07, 6.45) is 1.23. The van der Waals surface area contributed by atoms with E-state index in [4.69, 9.17) is 0 Å². The molecule has 2 aromatic rings. The number of carbonyl (C=O) groups is 1. The van der Waals surface area contributed by atoms with Gasteiger partial charge in [0.05, 0.1) is 0 Å². The number of anilines is 2. The van der Waals surface area contributed by atoms with Crippen molar-refractivity contribution in [3.63, 3.8) is 0 Å². The van der Waals surface area contributed by atoms with Crippen molar-refractivity contribution in [2.75, 3.05) is 36.4 Å². The third-order valence-electron chi connectivity index (χ3n) is 4.31. The number of hydrogen-bond donors (Lipinski definition) is 2. The van der Waals surface area contributed by atoms with Gasteiger partial charge in [-0.25, -0.2) is 4.39 Å². The molecule has 4 nitrogen and oxygen atoms in total. The molecule has 0 aliphatic carbocycles. The number of nitrogens with one attached hydrogen (secondary N) is 2. The fraction of sp³-hybridized carbons (Fsp3) is 0.381. The highest BCUT2D eigenvalue weighted by atomic mass is 19.1. The van der Waals surface area contributed by atoms with E-state index in [1.807, 2.05) is 24.3 Å². The highest BCUT2D eigenvalue weighted by molar-refractivity contribution is 5.91. The first-order chi connectivity index (χ1) is 12.6. The maximum atomic E-state index is 12.8. The van der Waals surface area contributed by atoms with Crippen LogP contribution < -0.4 is 15.5 Å². The van der Waals surface area contributed by atoms with Gasteiger partial charge in [0, 0.05) is 37.4 Å². The Morgan fingerprint density at radius 1 is 0.962 bits per heavy atom. The van der Waals surface area contributed by atoms with Gasteiger partial charge in [-0.2, -0.15) is 0 Å². The van der Waals surface area contributed by atoms with Gasteiger partial charge in [-0.05, 0) is 68.8 Å². The lowest BCUT2D eigenvalue weighted by Gasteiger charge is -2.21. The van der Waals surface area contributed by atoms with Crippen LogP contribution in [0.25, 0.3) is 0 Å². The average Bonchev–Trinajstić information content (AvgIpc) is 2.65. The quantitative estimate of drug-likeness (QED) is 0.635. The number of benzene rings is 2. The minimum atomic E-state index is -0.219. The van der Waals surface area contributed by atoms with Crippen molar-refractivity contribution in [1.29, 1.82) is 0 Å². The molecular formula is C21H28FN3O. The summed E-state index contributed by atoms with van der Waals surface area (Å²) in [5.41, 5.74) is 3.06. The normalized spacial score (nSPS) is 10.6. The van der Waals surface area contributed by atoms with E-state index in [1.54, 1.807) is 12.1 Å². The van der Waals surface area contributed by atoms with Crippen molar-refractivity contribution < 1.29 is 9.18 Å². The van der Waals surface area contributed by atoms with Gasteiger partial charge in [-0.3, -0.25) is 4.79 Å². The first-order valence-corrected chi connectivity index (χ1v) is 9.22. The lowest BCUT2D eigenvalue weighted by Crippen LogP contribution is -2.24. The third kappa shape index (κ3) is 6.48. The molecule has 2 rings (SSSR count). The number of halogens is 1. The van der Waals surface area contributed by atoms with Crippen LogP contribution in [0.3, 0.4) is 0 Å². The predicted molar refractivity (Wildman–Crippen MR) is 106 cm³/mol. The Morgan fingerprint density at radius 3 is 2.23 bits per heavy atom. The molecule has 2 N–H and O–H groups in total. The summed E-state index contributed by atoms with van der Waals surface area (Å²) in [4.78, 5) is 14.3. The SMILES string of the molecule is CCN(CC)c1ccc(NC(=O)CCNCCc2ccc(F)cc2)cc1. The molecule has 0 aliphatic rings. The molecule has 26 heavy (non-hydrogen) atoms. The summed E-state index contributed by atoms with van der Waals surface area (Å²) < 4.78 is 12.8. The Labute approximate surface area is 155 Å². The van der Waals surface area contributed by atoms with Gasteiger partial charge in [0.1, 0.15) is 5.82 Å². The molecule has 0 aliphatic heterocycles. The van der Waals surface area contributed by atoms with E-state index in [0.29, 0.717) is 13.0 Å². The van der Waals surface area contributed by atoms with Crippen LogP contribution in [0, 0.1) is 5.82 Å². The number of rotatable bonds is 10. The largest absolute Gasteiger partial charge is 0.372 e. The lowest BCUT2D eigenvalue weighted by atomic mass is 10.1. The van der Waals surface area contributed by atoms with Crippen LogP contribution in [-0.4, -0.2) is 32.1 Å². The van der Waals surface area contributed by atoms with E-state index in [1.165, 1.54) is 12.1 Å². The molecule has 2 aromatic carbocycles. The Bertz CT molecular complexity index is 667. The van der Waals surface area contributed by atoms with E-state index < -0.39 is 0 Å². The average molecular weight is 357 g/mol. The van der Waals surface area contributed by atoms with Crippen molar-refractivity contribution in [3.05, 3.63) is 59.9 Å². The first kappa shape index (κ1) is 19.9. The zero-order chi connectivity index (χ0) is 18.8. The van der Waals surface area contributed by atoms with Crippen LogP contribution in [0.5, 0.6) is 0 Å². The van der Waals surface area contributed by atoms with Gasteiger partial charge >= 0.3 is 0 Å². The summed E-state index contributed by atoms with van der Waals surface area (Å²) in [5, 5.41) is 6.16. The highest BCUT2D eigenvalue weighted by Crippen LogP contribution is 2.17. The molecule has 140 valence electrons. The topological polar surface area (TPSA) is 44.4 Å². The molecule has 0 aromatic heterocycles. The Hall–Kier alpha value is -2.40. The van der Waals surface area contributed by atoms with Gasteiger partial charge in [0.2, 0.25) is 5.91 Å². The van der Waals surface area contributed by atoms with Gasteiger partial charge in [-0.15, -0.1) is 0 Å². The molecule has 0 saturated heterocycles. The molecule has 1 amide bonds. The van der Waals surface area contributed by atoms with E-state index in [-0.39, 0.29) is 11.7 Å². The molecule has 0 radical (unpaired) electrons. The van der Waals surface area contributed by atoms with Crippen LogP contribution in [0.2, 0.25) is 0 Å². The molecule has 0 saturated carbocycles. The van der Waals surface area contributed by atoms with E-state index >= 15 is 0 Å². The Balaban J connectivity index is 1.66. The maximum Gasteiger partial charge on any atom is 0.225 e. The number of hydrogen-bond acceptors (Lipinski definition) is 3. The molecule has 0 unspecified atom stereocenters. The zero-order valence-electron chi connectivity index (χ0n) is 15.6. The summed E-state index contributed by atoms with van der Waals surface area (Å²) in [7, 11) is 0. The van der Waals surface area contributed by atoms with Crippen molar-refractivity contribution in [3.8, 4) is 0 Å². The molecule has 0 fully saturated rings. The van der Waals surface area contributed by atoms with E-state index in [2.05, 4.69) is 29.4 Å². The van der Waals surface area contributed by atoms with Gasteiger partial charge < -0.3 is 15.5 Å². The van der Waals surface area contributed by atoms with Crippen molar-refractivity contribution in [2.24, 2.45) is 0 Å². The second-order valence-electron chi connectivity index (χ2n) is 6.14. The second kappa shape index (κ2) is 10.6. The zero-order valence-corrected chi connectivity index (χ0v) is 15.6. The van der Waals surface area contributed by atoms with Crippen molar-refractivity contribution in [1.82, 2.24) is 5.32 Å². The summed E-state index contributed by atoms with van der Waals surface area (Å²) in [6.45, 7) is 7.56. The Kier molecular flexibility index (Phi) is 8.09. The fourth-order valence-corrected chi connectivity index (χ4v) is 2.78. The van der Waals surface area contributed by atoms with Gasteiger partial charge in [-0.1, -0.05) is 12.1 Å². The van der Waals surface area contributed by atoms with Crippen LogP contribution >= 0.6 is 0 Å². The number of amides is 1. The minimum Gasteiger partial charge on any atom is -0.372 e. The summed E-state index contributed by atoms with van der Waals surface area (Å²) in [6, 6.07) is 14.4. The lowest BCUT2D eigenvalue weighted by molar-refractivity contribution is -0.116. The monoisotopic (exact) mass is 357 g/mol. The Morgan fingerprint density at radius 2 is 1.62 bits per heavy atom. The number of carbonyl (C=O) groups excluding carboxylic acids is 1. The maximum absolute atomic E-state index is 12.8. The summed E-state index contributed by atoms with van der Waals surface area (Å²) in [5.74, 6) is -0.224. The molecular weight excluding hydrogens is 329 g/mol. The van der Waals surface area contributed by atoms with E-state index in [0.717, 1.165) is 43.0 Å². The predicted octanol–water partition coefficient (Wildman–Crippen LogP) is 3.83. The van der Waals surface area contributed by atoms with Crippen LogP contribution in [0.1, 0.15) is 25.8 Å². The highest BCUT2D eigenvalue weighted by Gasteiger charge is 2.04. The van der Waals surface area contributed by atoms with Gasteiger partial charge in [0.25, 0.3) is 0 Å². The minimum absolute atomic E-state index is 0.00475. The van der Waals surface area contributed by atoms with Crippen LogP contribution in [-0.2, 0) is 11.2 Å². The molecule has 0 heterocycles. The third-order valence-corrected chi connectivity index (χ3v) is 4.31. The number of nitrogens with zero attached hydrogens (tertiary/aromatic N) is 1. The summed E-state index contributed by atoms with van der Waals surface area (Å²) >= 11 is 0. The fourth-order valence-electron chi connectivity index (χ4n) is 2.78. The van der Waals surface area contributed by atoms with Crippen molar-refractivity contribution in [2.45, 2.75) is 26.7 Å².